The van der Waals surface area contributed by atoms with Gasteiger partial charge in [0, 0.05) is 90.4 Å². The van der Waals surface area contributed by atoms with E-state index in [1.54, 1.807) is 68.5 Å². The zero-order valence-corrected chi connectivity index (χ0v) is 103. The predicted molar refractivity (Wildman–Crippen MR) is 632 cm³/mol. The molecule has 0 amide bonds. The first-order valence-electron chi connectivity index (χ1n) is 46.8. The van der Waals surface area contributed by atoms with E-state index in [-0.39, 0.29) is 111 Å². The molecule has 16 rings (SSSR count). The van der Waals surface area contributed by atoms with E-state index in [0.717, 1.165) is 107 Å². The smallest absolute Gasteiger partial charge is 0.427 e. The van der Waals surface area contributed by atoms with Crippen molar-refractivity contribution in [1.82, 2.24) is 0 Å². The summed E-state index contributed by atoms with van der Waals surface area (Å²) in [6.45, 7) is 29.0. The summed E-state index contributed by atoms with van der Waals surface area (Å²) < 4.78 is 249. The molecule has 0 radical (unpaired) electrons. The molecule has 802 valence electrons. The number of rotatable bonds is 31. The second kappa shape index (κ2) is 70.1. The highest BCUT2D eigenvalue weighted by atomic mass is 127. The van der Waals surface area contributed by atoms with Crippen molar-refractivity contribution in [3.8, 4) is 0 Å². The van der Waals surface area contributed by atoms with E-state index in [0.29, 0.717) is 92.5 Å². The van der Waals surface area contributed by atoms with Crippen LogP contribution in [-0.4, -0.2) is 154 Å². The zero-order chi connectivity index (χ0) is 109. The van der Waals surface area contributed by atoms with E-state index >= 15 is 0 Å². The summed E-state index contributed by atoms with van der Waals surface area (Å²) >= 11 is 19.3. The molecule has 6 fully saturated rings. The molecule has 1 atom stereocenters. The van der Waals surface area contributed by atoms with E-state index in [1.165, 1.54) is 116 Å². The first kappa shape index (κ1) is 132. The number of halogens is 18. The van der Waals surface area contributed by atoms with Crippen LogP contribution >= 0.6 is 203 Å². The van der Waals surface area contributed by atoms with Crippen molar-refractivity contribution in [2.45, 2.75) is 178 Å². The van der Waals surface area contributed by atoms with Crippen LogP contribution in [0, 0.1) is 89.9 Å². The maximum atomic E-state index is 13.2. The average Bonchev–Trinajstić information content (AvgIpc) is 1.63. The molecule has 0 aromatic heterocycles. The van der Waals surface area contributed by atoms with Gasteiger partial charge in [0.25, 0.3) is 0 Å². The number of hydrogen-bond donors (Lipinski definition) is 1. The molecular weight excluding hydrogens is 2970 g/mol. The minimum absolute atomic E-state index is 0.0210. The Kier molecular flexibility index (Phi) is 62.0. The fraction of sp³-hybridized carbons (Fsp3) is 0.388. The lowest BCUT2D eigenvalue weighted by Gasteiger charge is -2.32. The largest absolute Gasteiger partial charge is 0.640 e. The topological polar surface area (TPSA) is 233 Å². The Hall–Kier alpha value is -2.24. The highest BCUT2D eigenvalue weighted by Crippen LogP contribution is 2.38. The van der Waals surface area contributed by atoms with Crippen LogP contribution < -0.4 is 0 Å². The van der Waals surface area contributed by atoms with Crippen LogP contribution in [0.5, 0.6) is 0 Å². The first-order valence-corrected chi connectivity index (χ1v) is 56.5. The monoisotopic (exact) mass is 3090 g/mol. The first-order chi connectivity index (χ1) is 70.9. The molecule has 1 unspecified atom stereocenters. The third kappa shape index (κ3) is 51.5. The van der Waals surface area contributed by atoms with Gasteiger partial charge in [-0.25, -0.2) is 39.5 Å². The van der Waals surface area contributed by atoms with Crippen molar-refractivity contribution in [1.29, 1.82) is 0 Å². The molecule has 0 spiro atoms. The van der Waals surface area contributed by atoms with Crippen molar-refractivity contribution in [3.05, 3.63) is 334 Å². The minimum Gasteiger partial charge on any atom is -0.427 e. The van der Waals surface area contributed by atoms with E-state index in [1.807, 2.05) is 78.7 Å². The average molecular weight is 3090 g/mol. The molecule has 24 nitrogen and oxygen atoms in total. The summed E-state index contributed by atoms with van der Waals surface area (Å²) in [6.07, 6.45) is 2.86. The van der Waals surface area contributed by atoms with Gasteiger partial charge in [0.2, 0.25) is 0 Å². The van der Waals surface area contributed by atoms with Crippen LogP contribution in [-0.2, 0) is 167 Å². The summed E-state index contributed by atoms with van der Waals surface area (Å²) in [5.74, 6) is -2.35. The van der Waals surface area contributed by atoms with Gasteiger partial charge in [-0.2, -0.15) is 0 Å². The zero-order valence-electron chi connectivity index (χ0n) is 83.8. The molecule has 149 heavy (non-hydrogen) atoms. The molecule has 0 saturated carbocycles. The van der Waals surface area contributed by atoms with E-state index in [2.05, 4.69) is 217 Å². The van der Waals surface area contributed by atoms with Crippen LogP contribution in [0.1, 0.15) is 136 Å². The SMILES string of the molecule is CB(O)OCc1cc(F)ccc1I.CB(OCc1cc(F)ccc1I)OC(C)C.CC1(C)COB(OCc2cc(F)ccc2I)OC1.CC1(C)OB(OCc2cc(F)ccc2I)OC1(C)C.COB(C)OCc1cc(F)ccc1I.Fc1ccc(I)c(COB2OCC(c3ccccc3)O2)c1.Fc1ccc(I)c(COB2OCCCCO2)c1.Fc1ccc(I)c(COB2OCCCO2)c1.Fc1ccc(I)c(COB2OCCO2)c1. The molecule has 6 aliphatic rings. The fourth-order valence-electron chi connectivity index (χ4n) is 12.6. The second-order valence-corrected chi connectivity index (χ2v) is 45.5. The second-order valence-electron chi connectivity index (χ2n) is 35.0. The fourth-order valence-corrected chi connectivity index (χ4v) is 17.0. The molecule has 10 aromatic rings. The molecule has 6 heterocycles. The van der Waals surface area contributed by atoms with Gasteiger partial charge in [0.15, 0.2) is 0 Å². The van der Waals surface area contributed by atoms with Crippen molar-refractivity contribution < 1.29 is 152 Å². The summed E-state index contributed by atoms with van der Waals surface area (Å²) in [5.41, 5.74) is 7.45. The van der Waals surface area contributed by atoms with Gasteiger partial charge < -0.3 is 112 Å². The number of hydrogen-bond acceptors (Lipinski definition) is 24. The Morgan fingerprint density at radius 2 is 0.577 bits per heavy atom. The molecule has 6 saturated heterocycles. The van der Waals surface area contributed by atoms with Crippen molar-refractivity contribution in [2.24, 2.45) is 5.41 Å². The maximum Gasteiger partial charge on any atom is 0.640 e. The maximum absolute atomic E-state index is 13.2. The van der Waals surface area contributed by atoms with Crippen molar-refractivity contribution in [2.75, 3.05) is 66.6 Å². The Morgan fingerprint density at radius 3 is 0.866 bits per heavy atom. The normalized spacial score (nSPS) is 15.9. The summed E-state index contributed by atoms with van der Waals surface area (Å²) in [7, 11) is -3.74. The standard InChI is InChI=1S/C15H13BFIO3.C13H17BFIO3.C12H15BFIO3.C11H13BFIO3.C11H15BFIO2.C10H11BFIO3.C9H9BFIO3.C9H11BFIO2.C8H9BFIO2/c17-13-6-7-14(18)12(8-13)9-19-16-20-10-15(21-16)11-4-2-1-3-5-11;1-12(2)13(3,4)19-14(18-12)17-8-9-7-10(15)5-6-11(9)16;1-12(2)7-17-13(18-8-12)16-6-9-5-10(14)3-4-11(9)15;13-10-3-4-11(14)9(7-10)8-17-12-15-5-1-2-6-16-12;1-8(2)16-12(3)15-7-9-6-10(13)4-5-11(9)14;12-9-2-3-10(13)8(6-9)7-16-11-14-4-1-5-15-11;11-8-1-2-9(12)7(5-8)6-15-10-13-3-4-14-10;1-10(13-2)14-6-7-5-8(11)3-4-9(7)12;1-9(12)13-5-6-4-7(10)2-3-8(6)11/h1-8,15H,9-10H2;5-7H,8H2,1-4H3;3-5H,6-8H2,1-2H3;3-4,7H,1-2,5-6,8H2;4-6,8H,7H2,1-3H3;2-3,6H,1,4-5,7H2;1-2,5H,3-4,6H2;3-5H,6H2,1-2H3;2-4,12H,5H2,1H3. The Labute approximate surface area is 992 Å². The molecular formula is C98H113B9F9I9O24. The van der Waals surface area contributed by atoms with Gasteiger partial charge in [0.05, 0.1) is 96.6 Å². The van der Waals surface area contributed by atoms with E-state index in [9.17, 15) is 39.5 Å². The Balaban J connectivity index is 0.000000205. The Bertz CT molecular complexity index is 5630. The summed E-state index contributed by atoms with van der Waals surface area (Å²) in [6, 6.07) is 51.3. The molecule has 0 bridgehead atoms. The van der Waals surface area contributed by atoms with Gasteiger partial charge in [-0.3, -0.25) is 0 Å². The van der Waals surface area contributed by atoms with Gasteiger partial charge in [-0.1, -0.05) is 44.2 Å². The summed E-state index contributed by atoms with van der Waals surface area (Å²) in [4.78, 5) is 0. The lowest BCUT2D eigenvalue weighted by atomic mass is 9.90. The number of benzene rings is 10. The molecule has 0 aliphatic carbocycles. The molecule has 10 aromatic carbocycles. The van der Waals surface area contributed by atoms with Crippen LogP contribution in [0.4, 0.5) is 39.5 Å². The molecule has 6 aliphatic heterocycles. The molecule has 51 heteroatoms. The predicted octanol–water partition coefficient (Wildman–Crippen LogP) is 25.6. The molecule has 1 N–H and O–H groups in total. The van der Waals surface area contributed by atoms with Gasteiger partial charge in [-0.15, -0.1) is 0 Å². The quantitative estimate of drug-likeness (QED) is 0.0242. The van der Waals surface area contributed by atoms with E-state index < -0.39 is 62.2 Å². The summed E-state index contributed by atoms with van der Waals surface area (Å²) in [5, 5.41) is 8.86. The lowest BCUT2D eigenvalue weighted by molar-refractivity contribution is -0.0214. The highest BCUT2D eigenvalue weighted by Gasteiger charge is 2.53. The highest BCUT2D eigenvalue weighted by molar-refractivity contribution is 14.1. The van der Waals surface area contributed by atoms with Crippen molar-refractivity contribution in [3.63, 3.8) is 0 Å². The third-order valence-corrected chi connectivity index (χ3v) is 30.7. The van der Waals surface area contributed by atoms with Crippen LogP contribution in [0.3, 0.4) is 0 Å². The minimum atomic E-state index is -0.820. The van der Waals surface area contributed by atoms with Gasteiger partial charge in [-0.05, 0) is 504 Å². The van der Waals surface area contributed by atoms with E-state index in [4.69, 9.17) is 112 Å². The van der Waals surface area contributed by atoms with Crippen molar-refractivity contribution >= 4 is 269 Å². The lowest BCUT2D eigenvalue weighted by Crippen LogP contribution is -2.42. The van der Waals surface area contributed by atoms with Crippen LogP contribution in [0.2, 0.25) is 20.5 Å². The van der Waals surface area contributed by atoms with Crippen LogP contribution in [0.25, 0.3) is 0 Å². The van der Waals surface area contributed by atoms with Gasteiger partial charge >= 0.3 is 65.3 Å². The van der Waals surface area contributed by atoms with Crippen LogP contribution in [0.15, 0.2) is 194 Å². The third-order valence-electron chi connectivity index (χ3n) is 21.3. The Morgan fingerprint density at radius 1 is 0.322 bits per heavy atom. The van der Waals surface area contributed by atoms with Gasteiger partial charge in [0.1, 0.15) is 52.4 Å².